The van der Waals surface area contributed by atoms with E-state index in [0.29, 0.717) is 23.6 Å². The van der Waals surface area contributed by atoms with Crippen LogP contribution in [0.1, 0.15) is 36.6 Å². The smallest absolute Gasteiger partial charge is 0.269 e. The molecule has 9 heteroatoms. The van der Waals surface area contributed by atoms with Crippen LogP contribution in [-0.4, -0.2) is 22.6 Å². The largest absolute Gasteiger partial charge is 0.457 e. The molecule has 3 amide bonds. The maximum atomic E-state index is 13.2. The number of rotatable bonds is 7. The molecular weight excluding hydrogens is 474 g/mol. The maximum Gasteiger partial charge on any atom is 0.269 e. The summed E-state index contributed by atoms with van der Waals surface area (Å²) in [4.78, 5) is 50.3. The van der Waals surface area contributed by atoms with E-state index in [1.165, 1.54) is 42.5 Å². The van der Waals surface area contributed by atoms with Crippen LogP contribution < -0.4 is 15.0 Å². The van der Waals surface area contributed by atoms with Crippen LogP contribution in [0.3, 0.4) is 0 Å². The zero-order valence-corrected chi connectivity index (χ0v) is 19.3. The summed E-state index contributed by atoms with van der Waals surface area (Å²) in [6.07, 6.45) is 0. The zero-order valence-electron chi connectivity index (χ0n) is 19.3. The van der Waals surface area contributed by atoms with Crippen molar-refractivity contribution in [3.8, 4) is 11.5 Å². The van der Waals surface area contributed by atoms with Crippen molar-refractivity contribution in [1.82, 2.24) is 5.32 Å². The fourth-order valence-corrected chi connectivity index (χ4v) is 3.96. The second-order valence-corrected chi connectivity index (χ2v) is 8.22. The Morgan fingerprint density at radius 2 is 1.51 bits per heavy atom. The van der Waals surface area contributed by atoms with Gasteiger partial charge in [0.25, 0.3) is 23.4 Å². The molecule has 0 aliphatic carbocycles. The Bertz CT molecular complexity index is 1530. The molecule has 0 saturated heterocycles. The molecule has 0 spiro atoms. The van der Waals surface area contributed by atoms with Crippen molar-refractivity contribution in [2.45, 2.75) is 6.54 Å². The molecule has 5 rings (SSSR count). The topological polar surface area (TPSA) is 119 Å². The lowest BCUT2D eigenvalue weighted by atomic mass is 10.1. The van der Waals surface area contributed by atoms with Gasteiger partial charge < -0.3 is 10.1 Å². The van der Waals surface area contributed by atoms with E-state index in [1.807, 2.05) is 30.3 Å². The highest BCUT2D eigenvalue weighted by Crippen LogP contribution is 2.33. The first-order valence-electron chi connectivity index (χ1n) is 11.3. The molecule has 4 aromatic carbocycles. The zero-order chi connectivity index (χ0) is 25.9. The molecule has 0 aromatic heterocycles. The molecule has 1 N–H and O–H groups in total. The lowest BCUT2D eigenvalue weighted by Crippen LogP contribution is -2.30. The van der Waals surface area contributed by atoms with E-state index >= 15 is 0 Å². The van der Waals surface area contributed by atoms with Crippen LogP contribution in [0.2, 0.25) is 0 Å². The van der Waals surface area contributed by atoms with Gasteiger partial charge >= 0.3 is 0 Å². The van der Waals surface area contributed by atoms with Gasteiger partial charge in [0.15, 0.2) is 0 Å². The predicted molar refractivity (Wildman–Crippen MR) is 135 cm³/mol. The van der Waals surface area contributed by atoms with Crippen molar-refractivity contribution in [2.75, 3.05) is 4.90 Å². The summed E-state index contributed by atoms with van der Waals surface area (Å²) < 4.78 is 5.72. The second-order valence-electron chi connectivity index (χ2n) is 8.22. The van der Waals surface area contributed by atoms with E-state index < -0.39 is 16.7 Å². The molecule has 0 fully saturated rings. The standard InChI is InChI=1S/C28H19N3O6/c32-26(29-17-18-5-2-1-3-6-18)19-7-4-8-21(15-19)30-27(33)24-14-13-23(16-25(24)28(30)34)37-22-11-9-20(10-12-22)31(35)36/h1-16H,17H2,(H,29,32). The molecule has 0 atom stereocenters. The first-order valence-corrected chi connectivity index (χ1v) is 11.3. The number of benzene rings is 4. The van der Waals surface area contributed by atoms with E-state index in [-0.39, 0.29) is 28.4 Å². The molecule has 37 heavy (non-hydrogen) atoms. The number of hydrogen-bond donors (Lipinski definition) is 1. The van der Waals surface area contributed by atoms with Crippen molar-refractivity contribution in [2.24, 2.45) is 0 Å². The normalized spacial score (nSPS) is 12.3. The third-order valence-corrected chi connectivity index (χ3v) is 5.80. The molecule has 0 saturated carbocycles. The summed E-state index contributed by atoms with van der Waals surface area (Å²) in [6, 6.07) is 25.7. The number of non-ortho nitro benzene ring substituents is 1. The first-order chi connectivity index (χ1) is 17.9. The highest BCUT2D eigenvalue weighted by Gasteiger charge is 2.37. The van der Waals surface area contributed by atoms with Crippen molar-refractivity contribution < 1.29 is 24.0 Å². The number of imide groups is 1. The number of ether oxygens (including phenoxy) is 1. The molecule has 1 aliphatic rings. The van der Waals surface area contributed by atoms with Crippen molar-refractivity contribution in [3.63, 3.8) is 0 Å². The highest BCUT2D eigenvalue weighted by molar-refractivity contribution is 6.34. The van der Waals surface area contributed by atoms with E-state index in [4.69, 9.17) is 4.74 Å². The number of anilines is 1. The van der Waals surface area contributed by atoms with Crippen LogP contribution >= 0.6 is 0 Å². The van der Waals surface area contributed by atoms with Crippen molar-refractivity contribution in [3.05, 3.63) is 129 Å². The first kappa shape index (κ1) is 23.4. The number of amides is 3. The summed E-state index contributed by atoms with van der Waals surface area (Å²) in [5.41, 5.74) is 1.82. The SMILES string of the molecule is O=C(NCc1ccccc1)c1cccc(N2C(=O)c3ccc(Oc4ccc([N+](=O)[O-])cc4)cc3C2=O)c1. The highest BCUT2D eigenvalue weighted by atomic mass is 16.6. The van der Waals surface area contributed by atoms with Gasteiger partial charge in [-0.05, 0) is 54.1 Å². The van der Waals surface area contributed by atoms with Crippen LogP contribution in [0, 0.1) is 10.1 Å². The lowest BCUT2D eigenvalue weighted by molar-refractivity contribution is -0.384. The van der Waals surface area contributed by atoms with Crippen LogP contribution in [0.5, 0.6) is 11.5 Å². The van der Waals surface area contributed by atoms with Crippen LogP contribution in [-0.2, 0) is 6.54 Å². The fraction of sp³-hybridized carbons (Fsp3) is 0.0357. The van der Waals surface area contributed by atoms with E-state index in [1.54, 1.807) is 24.3 Å². The molecular formula is C28H19N3O6. The van der Waals surface area contributed by atoms with E-state index in [9.17, 15) is 24.5 Å². The second kappa shape index (κ2) is 9.74. The van der Waals surface area contributed by atoms with E-state index in [2.05, 4.69) is 5.32 Å². The predicted octanol–water partition coefficient (Wildman–Crippen LogP) is 5.12. The Kier molecular flexibility index (Phi) is 6.17. The van der Waals surface area contributed by atoms with Crippen LogP contribution in [0.4, 0.5) is 11.4 Å². The number of nitro groups is 1. The number of fused-ring (bicyclic) bond motifs is 1. The number of hydrogen-bond acceptors (Lipinski definition) is 6. The molecule has 4 aromatic rings. The minimum absolute atomic E-state index is 0.0753. The van der Waals surface area contributed by atoms with Gasteiger partial charge in [0.1, 0.15) is 11.5 Å². The van der Waals surface area contributed by atoms with Crippen molar-refractivity contribution >= 4 is 29.1 Å². The third-order valence-electron chi connectivity index (χ3n) is 5.80. The molecule has 0 bridgehead atoms. The van der Waals surface area contributed by atoms with Gasteiger partial charge in [-0.2, -0.15) is 0 Å². The Morgan fingerprint density at radius 3 is 2.24 bits per heavy atom. The van der Waals surface area contributed by atoms with Gasteiger partial charge in [-0.25, -0.2) is 4.90 Å². The number of nitro benzene ring substituents is 1. The summed E-state index contributed by atoms with van der Waals surface area (Å²) in [5, 5.41) is 13.7. The monoisotopic (exact) mass is 493 g/mol. The average molecular weight is 493 g/mol. The van der Waals surface area contributed by atoms with Gasteiger partial charge in [0, 0.05) is 24.2 Å². The van der Waals surface area contributed by atoms with Crippen LogP contribution in [0.25, 0.3) is 0 Å². The molecule has 0 unspecified atom stereocenters. The number of nitrogens with zero attached hydrogens (tertiary/aromatic N) is 2. The third kappa shape index (κ3) is 4.78. The van der Waals surface area contributed by atoms with Crippen LogP contribution in [0.15, 0.2) is 97.1 Å². The van der Waals surface area contributed by atoms with Gasteiger partial charge in [0.05, 0.1) is 21.7 Å². The summed E-state index contributed by atoms with van der Waals surface area (Å²) in [5.74, 6) is -0.751. The molecule has 1 heterocycles. The lowest BCUT2D eigenvalue weighted by Gasteiger charge is -2.15. The number of carbonyl (C=O) groups excluding carboxylic acids is 3. The van der Waals surface area contributed by atoms with Gasteiger partial charge in [0.2, 0.25) is 0 Å². The molecule has 1 aliphatic heterocycles. The molecule has 182 valence electrons. The van der Waals surface area contributed by atoms with E-state index in [0.717, 1.165) is 10.5 Å². The van der Waals surface area contributed by atoms with Crippen molar-refractivity contribution in [1.29, 1.82) is 0 Å². The summed E-state index contributed by atoms with van der Waals surface area (Å²) in [6.45, 7) is 0.342. The molecule has 0 radical (unpaired) electrons. The molecule has 9 nitrogen and oxygen atoms in total. The Morgan fingerprint density at radius 1 is 0.811 bits per heavy atom. The maximum absolute atomic E-state index is 13.2. The Balaban J connectivity index is 1.33. The van der Waals surface area contributed by atoms with Gasteiger partial charge in [-0.3, -0.25) is 24.5 Å². The Hall–Kier alpha value is -5.31. The quantitative estimate of drug-likeness (QED) is 0.217. The minimum Gasteiger partial charge on any atom is -0.457 e. The average Bonchev–Trinajstić information content (AvgIpc) is 3.17. The summed E-state index contributed by atoms with van der Waals surface area (Å²) in [7, 11) is 0. The fourth-order valence-electron chi connectivity index (χ4n) is 3.96. The van der Waals surface area contributed by atoms with Gasteiger partial charge in [-0.1, -0.05) is 36.4 Å². The number of nitrogens with one attached hydrogen (secondary N) is 1. The Labute approximate surface area is 211 Å². The number of carbonyl (C=O) groups is 3. The summed E-state index contributed by atoms with van der Waals surface area (Å²) >= 11 is 0. The minimum atomic E-state index is -0.545. The van der Waals surface area contributed by atoms with Gasteiger partial charge in [-0.15, -0.1) is 0 Å².